The molecule has 3 aromatic rings. The molecule has 1 N–H and O–H groups in total. The van der Waals surface area contributed by atoms with Gasteiger partial charge in [-0.3, -0.25) is 14.9 Å². The molecule has 0 unspecified atom stereocenters. The minimum Gasteiger partial charge on any atom is -0.494 e. The van der Waals surface area contributed by atoms with Crippen molar-refractivity contribution in [1.29, 1.82) is 0 Å². The van der Waals surface area contributed by atoms with Gasteiger partial charge in [0.25, 0.3) is 5.69 Å². The molecule has 0 bridgehead atoms. The highest BCUT2D eigenvalue weighted by atomic mass is 35.5. The summed E-state index contributed by atoms with van der Waals surface area (Å²) in [4.78, 5) is 27.4. The summed E-state index contributed by atoms with van der Waals surface area (Å²) in [5.41, 5.74) is 2.53. The lowest BCUT2D eigenvalue weighted by Crippen LogP contribution is -2.05. The highest BCUT2D eigenvalue weighted by Gasteiger charge is 2.21. The molecule has 0 aliphatic heterocycles. The van der Waals surface area contributed by atoms with Crippen LogP contribution in [-0.4, -0.2) is 28.2 Å². The number of nitro groups is 1. The van der Waals surface area contributed by atoms with E-state index in [2.05, 4.69) is 11.9 Å². The zero-order valence-corrected chi connectivity index (χ0v) is 17.0. The van der Waals surface area contributed by atoms with Crippen LogP contribution in [0.25, 0.3) is 10.9 Å². The number of aromatic nitrogens is 1. The number of benzene rings is 2. The monoisotopic (exact) mass is 414 g/mol. The van der Waals surface area contributed by atoms with Crippen LogP contribution in [0.1, 0.15) is 47.8 Å². The number of rotatable bonds is 10. The number of nitrogens with zero attached hydrogens (tertiary/aromatic N) is 1. The Morgan fingerprint density at radius 2 is 1.93 bits per heavy atom. The molecule has 0 atom stereocenters. The van der Waals surface area contributed by atoms with E-state index in [-0.39, 0.29) is 11.5 Å². The maximum absolute atomic E-state index is 13.3. The number of aryl methyl sites for hydroxylation is 1. The van der Waals surface area contributed by atoms with Gasteiger partial charge in [-0.2, -0.15) is 0 Å². The second-order valence-electron chi connectivity index (χ2n) is 6.81. The number of halogens is 1. The average molecular weight is 415 g/mol. The van der Waals surface area contributed by atoms with Gasteiger partial charge in [-0.05, 0) is 49.6 Å². The zero-order chi connectivity index (χ0) is 20.8. The smallest absolute Gasteiger partial charge is 0.270 e. The number of ether oxygens (including phenoxy) is 1. The van der Waals surface area contributed by atoms with Crippen LogP contribution in [0.3, 0.4) is 0 Å². The van der Waals surface area contributed by atoms with Crippen LogP contribution in [0.5, 0.6) is 5.75 Å². The first-order chi connectivity index (χ1) is 14.0. The van der Waals surface area contributed by atoms with Crippen LogP contribution in [0.2, 0.25) is 0 Å². The van der Waals surface area contributed by atoms with E-state index in [9.17, 15) is 14.9 Å². The predicted molar refractivity (Wildman–Crippen MR) is 114 cm³/mol. The van der Waals surface area contributed by atoms with Gasteiger partial charge in [-0.1, -0.05) is 13.3 Å². The van der Waals surface area contributed by atoms with Gasteiger partial charge >= 0.3 is 0 Å². The first-order valence-electron chi connectivity index (χ1n) is 9.67. The number of nitro benzene ring substituents is 1. The van der Waals surface area contributed by atoms with E-state index in [0.717, 1.165) is 30.5 Å². The van der Waals surface area contributed by atoms with E-state index in [0.29, 0.717) is 41.2 Å². The lowest BCUT2D eigenvalue weighted by atomic mass is 9.98. The molecule has 1 aromatic heterocycles. The zero-order valence-electron chi connectivity index (χ0n) is 16.2. The topological polar surface area (TPSA) is 85.2 Å². The van der Waals surface area contributed by atoms with Crippen molar-refractivity contribution in [3.05, 3.63) is 69.4 Å². The second-order valence-corrected chi connectivity index (χ2v) is 7.19. The maximum atomic E-state index is 13.3. The number of hydrogen-bond donors (Lipinski definition) is 1. The Hall–Kier alpha value is -2.86. The average Bonchev–Trinajstić information content (AvgIpc) is 3.09. The molecular weight excluding hydrogens is 392 g/mol. The summed E-state index contributed by atoms with van der Waals surface area (Å²) >= 11 is 5.65. The summed E-state index contributed by atoms with van der Waals surface area (Å²) in [5, 5.41) is 11.8. The Balaban J connectivity index is 1.98. The van der Waals surface area contributed by atoms with E-state index in [1.165, 1.54) is 12.1 Å². The molecule has 0 fully saturated rings. The molecule has 29 heavy (non-hydrogen) atoms. The first-order valence-corrected chi connectivity index (χ1v) is 10.2. The summed E-state index contributed by atoms with van der Waals surface area (Å²) in [6.07, 6.45) is 3.36. The SMILES string of the molecule is CCCCc1[nH]c2ccc([N+](=O)[O-])cc2c1C(=O)c1ccc(OCCCCl)cc1. The number of alkyl halides is 1. The normalized spacial score (nSPS) is 11.0. The summed E-state index contributed by atoms with van der Waals surface area (Å²) in [7, 11) is 0. The summed E-state index contributed by atoms with van der Waals surface area (Å²) in [6, 6.07) is 11.5. The number of carbonyl (C=O) groups excluding carboxylic acids is 1. The van der Waals surface area contributed by atoms with Gasteiger partial charge in [-0.25, -0.2) is 0 Å². The number of hydrogen-bond acceptors (Lipinski definition) is 4. The first kappa shape index (κ1) is 20.9. The van der Waals surface area contributed by atoms with Crippen molar-refractivity contribution in [2.75, 3.05) is 12.5 Å². The number of ketones is 1. The third-order valence-electron chi connectivity index (χ3n) is 4.74. The van der Waals surface area contributed by atoms with Gasteiger partial charge in [-0.15, -0.1) is 11.6 Å². The van der Waals surface area contributed by atoms with Gasteiger partial charge in [0.05, 0.1) is 17.1 Å². The fourth-order valence-electron chi connectivity index (χ4n) is 3.24. The van der Waals surface area contributed by atoms with E-state index < -0.39 is 4.92 Å². The molecule has 7 heteroatoms. The quantitative estimate of drug-likeness (QED) is 0.152. The number of unbranched alkanes of at least 4 members (excludes halogenated alkanes) is 1. The maximum Gasteiger partial charge on any atom is 0.270 e. The number of nitrogens with one attached hydrogen (secondary N) is 1. The highest BCUT2D eigenvalue weighted by Crippen LogP contribution is 2.30. The van der Waals surface area contributed by atoms with Crippen LogP contribution >= 0.6 is 11.6 Å². The van der Waals surface area contributed by atoms with Gasteiger partial charge < -0.3 is 9.72 Å². The van der Waals surface area contributed by atoms with E-state index in [1.54, 1.807) is 30.3 Å². The van der Waals surface area contributed by atoms with Crippen molar-refractivity contribution < 1.29 is 14.5 Å². The van der Waals surface area contributed by atoms with Crippen molar-refractivity contribution in [1.82, 2.24) is 4.98 Å². The minimum absolute atomic E-state index is 0.0318. The molecule has 152 valence electrons. The number of fused-ring (bicyclic) bond motifs is 1. The summed E-state index contributed by atoms with van der Waals surface area (Å²) in [5.74, 6) is 1.05. The third kappa shape index (κ3) is 4.77. The van der Waals surface area contributed by atoms with E-state index in [1.807, 2.05) is 0 Å². The minimum atomic E-state index is -0.445. The molecule has 0 aliphatic rings. The van der Waals surface area contributed by atoms with Crippen molar-refractivity contribution >= 4 is 34.0 Å². The molecule has 0 spiro atoms. The number of carbonyl (C=O) groups is 1. The molecule has 0 aliphatic carbocycles. The summed E-state index contributed by atoms with van der Waals surface area (Å²) < 4.78 is 5.58. The third-order valence-corrected chi connectivity index (χ3v) is 5.01. The van der Waals surface area contributed by atoms with Crippen LogP contribution in [0.15, 0.2) is 42.5 Å². The molecule has 2 aromatic carbocycles. The second kappa shape index (κ2) is 9.56. The van der Waals surface area contributed by atoms with Crippen LogP contribution in [0, 0.1) is 10.1 Å². The Morgan fingerprint density at radius 3 is 2.59 bits per heavy atom. The van der Waals surface area contributed by atoms with Crippen LogP contribution < -0.4 is 4.74 Å². The van der Waals surface area contributed by atoms with Crippen molar-refractivity contribution in [2.45, 2.75) is 32.6 Å². The standard InChI is InChI=1S/C22H23ClN2O4/c1-2-3-5-20-21(18-14-16(25(27)28)8-11-19(18)24-20)22(26)15-6-9-17(10-7-15)29-13-4-12-23/h6-11,14,24H,2-5,12-13H2,1H3. The van der Waals surface area contributed by atoms with Crippen molar-refractivity contribution in [2.24, 2.45) is 0 Å². The molecule has 0 amide bonds. The lowest BCUT2D eigenvalue weighted by molar-refractivity contribution is -0.384. The van der Waals surface area contributed by atoms with Gasteiger partial charge in [0.1, 0.15) is 5.75 Å². The van der Waals surface area contributed by atoms with Crippen molar-refractivity contribution in [3.63, 3.8) is 0 Å². The summed E-state index contributed by atoms with van der Waals surface area (Å²) in [6.45, 7) is 2.60. The Morgan fingerprint density at radius 1 is 1.17 bits per heavy atom. The molecule has 0 saturated carbocycles. The highest BCUT2D eigenvalue weighted by molar-refractivity contribution is 6.18. The van der Waals surface area contributed by atoms with Gasteiger partial charge in [0.2, 0.25) is 0 Å². The number of H-pyrrole nitrogens is 1. The van der Waals surface area contributed by atoms with Gasteiger partial charge in [0.15, 0.2) is 5.78 Å². The molecule has 1 heterocycles. The lowest BCUT2D eigenvalue weighted by Gasteiger charge is -2.07. The van der Waals surface area contributed by atoms with E-state index in [4.69, 9.17) is 16.3 Å². The predicted octanol–water partition coefficient (Wildman–Crippen LogP) is 5.66. The largest absolute Gasteiger partial charge is 0.494 e. The molecule has 0 saturated heterocycles. The molecular formula is C22H23ClN2O4. The molecule has 3 rings (SSSR count). The number of aromatic amines is 1. The van der Waals surface area contributed by atoms with E-state index >= 15 is 0 Å². The van der Waals surface area contributed by atoms with Crippen LogP contribution in [0.4, 0.5) is 5.69 Å². The van der Waals surface area contributed by atoms with Crippen LogP contribution in [-0.2, 0) is 6.42 Å². The van der Waals surface area contributed by atoms with Gasteiger partial charge in [0, 0.05) is 40.2 Å². The molecule has 6 nitrogen and oxygen atoms in total. The molecule has 0 radical (unpaired) electrons. The van der Waals surface area contributed by atoms with Crippen molar-refractivity contribution in [3.8, 4) is 5.75 Å². The Labute approximate surface area is 174 Å². The fraction of sp³-hybridized carbons (Fsp3) is 0.318. The number of non-ortho nitro benzene ring substituents is 1. The Bertz CT molecular complexity index is 1010. The Kier molecular flexibility index (Phi) is 6.88. The fourth-order valence-corrected chi connectivity index (χ4v) is 3.35.